The van der Waals surface area contributed by atoms with Crippen LogP contribution in [0.4, 0.5) is 5.69 Å². The topological polar surface area (TPSA) is 53.1 Å². The van der Waals surface area contributed by atoms with E-state index in [9.17, 15) is 0 Å². The van der Waals surface area contributed by atoms with Crippen molar-refractivity contribution in [2.24, 2.45) is 11.7 Å². The van der Waals surface area contributed by atoms with Crippen molar-refractivity contribution in [3.05, 3.63) is 23.8 Å². The van der Waals surface area contributed by atoms with Crippen molar-refractivity contribution in [2.75, 3.05) is 18.2 Å². The number of hydrogen-bond donors (Lipinski definition) is 2. The number of thioether (sulfide) groups is 1. The van der Waals surface area contributed by atoms with Gasteiger partial charge >= 0.3 is 0 Å². The maximum Gasteiger partial charge on any atom is 0.126 e. The van der Waals surface area contributed by atoms with Crippen LogP contribution >= 0.6 is 11.8 Å². The van der Waals surface area contributed by atoms with Crippen LogP contribution in [0.1, 0.15) is 38.2 Å². The van der Waals surface area contributed by atoms with Crippen LogP contribution in [0.3, 0.4) is 0 Å². The maximum atomic E-state index is 7.92. The van der Waals surface area contributed by atoms with Crippen LogP contribution in [0, 0.1) is 11.3 Å². The minimum atomic E-state index is 0.167. The van der Waals surface area contributed by atoms with Gasteiger partial charge in [0.15, 0.2) is 0 Å². The number of amidine groups is 1. The van der Waals surface area contributed by atoms with E-state index in [0.29, 0.717) is 12.0 Å². The Morgan fingerprint density at radius 1 is 1.35 bits per heavy atom. The summed E-state index contributed by atoms with van der Waals surface area (Å²) in [4.78, 5) is 3.44. The Morgan fingerprint density at radius 3 is 2.65 bits per heavy atom. The number of hydrogen-bond acceptors (Lipinski definition) is 3. The summed E-state index contributed by atoms with van der Waals surface area (Å²) in [5, 5.41) is 7.92. The second kappa shape index (κ2) is 6.53. The SMILES string of the molecule is CSc1cccc(N(C)C2CCCCC2C)c1C(=N)N. The molecule has 1 fully saturated rings. The second-order valence-electron chi connectivity index (χ2n) is 5.71. The van der Waals surface area contributed by atoms with E-state index in [-0.39, 0.29) is 5.84 Å². The third kappa shape index (κ3) is 2.95. The lowest BCUT2D eigenvalue weighted by atomic mass is 9.84. The predicted molar refractivity (Wildman–Crippen MR) is 89.1 cm³/mol. The van der Waals surface area contributed by atoms with Crippen molar-refractivity contribution in [3.8, 4) is 0 Å². The predicted octanol–water partition coefficient (Wildman–Crippen LogP) is 3.71. The first kappa shape index (κ1) is 15.2. The van der Waals surface area contributed by atoms with Crippen LogP contribution < -0.4 is 10.6 Å². The summed E-state index contributed by atoms with van der Waals surface area (Å²) >= 11 is 1.66. The molecule has 0 aliphatic heterocycles. The molecular weight excluding hydrogens is 266 g/mol. The molecule has 1 aromatic rings. The summed E-state index contributed by atoms with van der Waals surface area (Å²) in [5.41, 5.74) is 7.83. The second-order valence-corrected chi connectivity index (χ2v) is 6.56. The summed E-state index contributed by atoms with van der Waals surface area (Å²) in [6.07, 6.45) is 7.22. The molecule has 1 aliphatic carbocycles. The molecule has 2 atom stereocenters. The summed E-state index contributed by atoms with van der Waals surface area (Å²) in [7, 11) is 2.15. The molecule has 3 N–H and O–H groups in total. The summed E-state index contributed by atoms with van der Waals surface area (Å²) < 4.78 is 0. The number of nitrogens with one attached hydrogen (secondary N) is 1. The molecule has 0 aromatic heterocycles. The Hall–Kier alpha value is -1.16. The molecule has 2 rings (SSSR count). The molecule has 0 radical (unpaired) electrons. The minimum Gasteiger partial charge on any atom is -0.384 e. The van der Waals surface area contributed by atoms with Gasteiger partial charge in [-0.3, -0.25) is 5.41 Å². The highest BCUT2D eigenvalue weighted by molar-refractivity contribution is 7.98. The van der Waals surface area contributed by atoms with Gasteiger partial charge in [0.05, 0.1) is 5.56 Å². The highest BCUT2D eigenvalue weighted by atomic mass is 32.2. The largest absolute Gasteiger partial charge is 0.384 e. The van der Waals surface area contributed by atoms with Crippen LogP contribution in [0.5, 0.6) is 0 Å². The zero-order chi connectivity index (χ0) is 14.7. The Kier molecular flexibility index (Phi) is 4.97. The highest BCUT2D eigenvalue weighted by Gasteiger charge is 2.27. The highest BCUT2D eigenvalue weighted by Crippen LogP contribution is 2.34. The van der Waals surface area contributed by atoms with Crippen molar-refractivity contribution in [3.63, 3.8) is 0 Å². The average Bonchev–Trinajstić information content (AvgIpc) is 2.46. The number of nitrogen functional groups attached to an aromatic ring is 1. The molecule has 4 heteroatoms. The Morgan fingerprint density at radius 2 is 2.05 bits per heavy atom. The van der Waals surface area contributed by atoms with Gasteiger partial charge in [-0.05, 0) is 37.1 Å². The quantitative estimate of drug-likeness (QED) is 0.505. The molecule has 0 spiro atoms. The first-order chi connectivity index (χ1) is 9.56. The third-order valence-electron chi connectivity index (χ3n) is 4.44. The van der Waals surface area contributed by atoms with Gasteiger partial charge in [0.25, 0.3) is 0 Å². The van der Waals surface area contributed by atoms with E-state index >= 15 is 0 Å². The van der Waals surface area contributed by atoms with Crippen molar-refractivity contribution in [1.29, 1.82) is 5.41 Å². The lowest BCUT2D eigenvalue weighted by Gasteiger charge is -2.38. The minimum absolute atomic E-state index is 0.167. The van der Waals surface area contributed by atoms with Gasteiger partial charge in [-0.15, -0.1) is 11.8 Å². The first-order valence-corrected chi connectivity index (χ1v) is 8.53. The van der Waals surface area contributed by atoms with Crippen molar-refractivity contribution < 1.29 is 0 Å². The number of anilines is 1. The Bertz CT molecular complexity index is 487. The van der Waals surface area contributed by atoms with Crippen LogP contribution in [-0.2, 0) is 0 Å². The summed E-state index contributed by atoms with van der Waals surface area (Å²) in [6, 6.07) is 6.76. The number of benzene rings is 1. The molecule has 1 saturated carbocycles. The van der Waals surface area contributed by atoms with Crippen LogP contribution in [0.25, 0.3) is 0 Å². The number of rotatable bonds is 4. The molecule has 0 bridgehead atoms. The van der Waals surface area contributed by atoms with Crippen molar-refractivity contribution in [1.82, 2.24) is 0 Å². The van der Waals surface area contributed by atoms with Crippen LogP contribution in [0.15, 0.2) is 23.1 Å². The molecule has 1 aromatic carbocycles. The van der Waals surface area contributed by atoms with Crippen LogP contribution in [0.2, 0.25) is 0 Å². The molecule has 110 valence electrons. The van der Waals surface area contributed by atoms with Gasteiger partial charge in [0.1, 0.15) is 5.84 Å². The van der Waals surface area contributed by atoms with E-state index in [1.165, 1.54) is 25.7 Å². The third-order valence-corrected chi connectivity index (χ3v) is 5.22. The fourth-order valence-electron chi connectivity index (χ4n) is 3.30. The maximum absolute atomic E-state index is 7.92. The Balaban J connectivity index is 2.38. The van der Waals surface area contributed by atoms with E-state index in [2.05, 4.69) is 31.0 Å². The van der Waals surface area contributed by atoms with Gasteiger partial charge in [-0.2, -0.15) is 0 Å². The van der Waals surface area contributed by atoms with Gasteiger partial charge in [0, 0.05) is 23.7 Å². The fraction of sp³-hybridized carbons (Fsp3) is 0.562. The monoisotopic (exact) mass is 291 g/mol. The van der Waals surface area contributed by atoms with E-state index in [4.69, 9.17) is 11.1 Å². The lowest BCUT2D eigenvalue weighted by Crippen LogP contribution is -2.40. The van der Waals surface area contributed by atoms with Gasteiger partial charge < -0.3 is 10.6 Å². The molecule has 0 amide bonds. The number of nitrogens with zero attached hydrogens (tertiary/aromatic N) is 1. The Labute approximate surface area is 126 Å². The fourth-order valence-corrected chi connectivity index (χ4v) is 3.94. The molecule has 3 nitrogen and oxygen atoms in total. The van der Waals surface area contributed by atoms with Gasteiger partial charge in [0.2, 0.25) is 0 Å². The summed E-state index contributed by atoms with van der Waals surface area (Å²) in [5.74, 6) is 0.867. The van der Waals surface area contributed by atoms with Crippen molar-refractivity contribution >= 4 is 23.3 Å². The average molecular weight is 291 g/mol. The van der Waals surface area contributed by atoms with Crippen LogP contribution in [-0.4, -0.2) is 25.2 Å². The van der Waals surface area contributed by atoms with Gasteiger partial charge in [-0.25, -0.2) is 0 Å². The normalized spacial score (nSPS) is 22.6. The van der Waals surface area contributed by atoms with Gasteiger partial charge in [-0.1, -0.05) is 25.8 Å². The van der Waals surface area contributed by atoms with E-state index in [1.54, 1.807) is 11.8 Å². The molecular formula is C16H25N3S. The summed E-state index contributed by atoms with van der Waals surface area (Å²) in [6.45, 7) is 2.34. The smallest absolute Gasteiger partial charge is 0.126 e. The first-order valence-electron chi connectivity index (χ1n) is 7.30. The molecule has 2 unspecified atom stereocenters. The van der Waals surface area contributed by atoms with E-state index < -0.39 is 0 Å². The number of nitrogens with two attached hydrogens (primary N) is 1. The zero-order valence-electron chi connectivity index (χ0n) is 12.6. The lowest BCUT2D eigenvalue weighted by molar-refractivity contribution is 0.321. The van der Waals surface area contributed by atoms with E-state index in [0.717, 1.165) is 16.1 Å². The molecule has 0 heterocycles. The molecule has 1 aliphatic rings. The van der Waals surface area contributed by atoms with Crippen molar-refractivity contribution in [2.45, 2.75) is 43.5 Å². The van der Waals surface area contributed by atoms with E-state index in [1.807, 2.05) is 12.3 Å². The zero-order valence-corrected chi connectivity index (χ0v) is 13.5. The molecule has 20 heavy (non-hydrogen) atoms. The standard InChI is InChI=1S/C16H25N3S/c1-11-7-4-5-8-12(11)19(2)13-9-6-10-14(20-3)15(13)16(17)18/h6,9-12H,4-5,7-8H2,1-3H3,(H3,17,18). The molecule has 0 saturated heterocycles.